The minimum absolute atomic E-state index is 0.129. The number of terminal acetylenes is 1. The van der Waals surface area contributed by atoms with Crippen molar-refractivity contribution in [1.29, 1.82) is 0 Å². The molecule has 0 amide bonds. The summed E-state index contributed by atoms with van der Waals surface area (Å²) < 4.78 is 0. The summed E-state index contributed by atoms with van der Waals surface area (Å²) in [5.74, 6) is 2.70. The van der Waals surface area contributed by atoms with Gasteiger partial charge in [0.15, 0.2) is 0 Å². The van der Waals surface area contributed by atoms with E-state index in [0.717, 1.165) is 0 Å². The van der Waals surface area contributed by atoms with Crippen LogP contribution >= 0.6 is 0 Å². The molecule has 0 bridgehead atoms. The van der Waals surface area contributed by atoms with Gasteiger partial charge in [-0.15, -0.1) is 6.42 Å². The van der Waals surface area contributed by atoms with Gasteiger partial charge in [0.1, 0.15) is 0 Å². The first-order chi connectivity index (χ1) is 6.22. The lowest BCUT2D eigenvalue weighted by molar-refractivity contribution is 0.231. The Morgan fingerprint density at radius 2 is 2.08 bits per heavy atom. The smallest absolute Gasteiger partial charge is 0.0663 e. The van der Waals surface area contributed by atoms with E-state index in [1.54, 1.807) is 0 Å². The standard InChI is InChI=1S/C11H20N2/c1-3-10(2)13-11(9-12)7-5-4-6-8-11/h1,10,13H,4-9,12H2,2H3. The van der Waals surface area contributed by atoms with Crippen LogP contribution in [0.4, 0.5) is 0 Å². The van der Waals surface area contributed by atoms with Gasteiger partial charge in [0, 0.05) is 12.1 Å². The van der Waals surface area contributed by atoms with E-state index >= 15 is 0 Å². The third kappa shape index (κ3) is 2.72. The van der Waals surface area contributed by atoms with Crippen LogP contribution in [0.25, 0.3) is 0 Å². The molecule has 1 unspecified atom stereocenters. The lowest BCUT2D eigenvalue weighted by Crippen LogP contribution is -2.55. The van der Waals surface area contributed by atoms with Gasteiger partial charge in [0.05, 0.1) is 6.04 Å². The SMILES string of the molecule is C#CC(C)NC1(CN)CCCCC1. The van der Waals surface area contributed by atoms with Crippen LogP contribution < -0.4 is 11.1 Å². The molecule has 1 atom stereocenters. The fraction of sp³-hybridized carbons (Fsp3) is 0.818. The zero-order valence-corrected chi connectivity index (χ0v) is 8.47. The predicted molar refractivity (Wildman–Crippen MR) is 56.3 cm³/mol. The van der Waals surface area contributed by atoms with Crippen molar-refractivity contribution in [3.63, 3.8) is 0 Å². The van der Waals surface area contributed by atoms with Gasteiger partial charge in [-0.3, -0.25) is 5.32 Å². The van der Waals surface area contributed by atoms with Crippen LogP contribution in [0, 0.1) is 12.3 Å². The highest BCUT2D eigenvalue weighted by molar-refractivity contribution is 5.02. The number of rotatable bonds is 3. The average Bonchev–Trinajstić information content (AvgIpc) is 2.19. The molecule has 2 heteroatoms. The van der Waals surface area contributed by atoms with E-state index in [2.05, 4.69) is 11.2 Å². The molecular weight excluding hydrogens is 160 g/mol. The number of hydrogen-bond acceptors (Lipinski definition) is 2. The van der Waals surface area contributed by atoms with Gasteiger partial charge in [-0.2, -0.15) is 0 Å². The van der Waals surface area contributed by atoms with E-state index in [1.165, 1.54) is 32.1 Å². The maximum Gasteiger partial charge on any atom is 0.0663 e. The van der Waals surface area contributed by atoms with Crippen LogP contribution in [0.2, 0.25) is 0 Å². The van der Waals surface area contributed by atoms with Gasteiger partial charge in [0.25, 0.3) is 0 Å². The first-order valence-electron chi connectivity index (χ1n) is 5.16. The summed E-state index contributed by atoms with van der Waals surface area (Å²) in [5, 5.41) is 3.47. The second-order valence-electron chi connectivity index (χ2n) is 4.08. The molecule has 74 valence electrons. The fourth-order valence-electron chi connectivity index (χ4n) is 2.14. The van der Waals surface area contributed by atoms with Gasteiger partial charge in [0.2, 0.25) is 0 Å². The minimum Gasteiger partial charge on any atom is -0.329 e. The van der Waals surface area contributed by atoms with Crippen LogP contribution in [0.3, 0.4) is 0 Å². The van der Waals surface area contributed by atoms with Gasteiger partial charge >= 0.3 is 0 Å². The second-order valence-corrected chi connectivity index (χ2v) is 4.08. The Hall–Kier alpha value is -0.520. The largest absolute Gasteiger partial charge is 0.329 e. The van der Waals surface area contributed by atoms with Crippen LogP contribution in [0.15, 0.2) is 0 Å². The number of hydrogen-bond donors (Lipinski definition) is 2. The molecule has 0 aromatic carbocycles. The molecule has 1 rings (SSSR count). The van der Waals surface area contributed by atoms with Crippen LogP contribution in [0.5, 0.6) is 0 Å². The van der Waals surface area contributed by atoms with E-state index in [0.29, 0.717) is 6.54 Å². The predicted octanol–water partition coefficient (Wildman–Crippen LogP) is 1.26. The van der Waals surface area contributed by atoms with E-state index in [1.807, 2.05) is 6.92 Å². The molecule has 1 fully saturated rings. The molecule has 0 aliphatic heterocycles. The van der Waals surface area contributed by atoms with Gasteiger partial charge in [-0.25, -0.2) is 0 Å². The lowest BCUT2D eigenvalue weighted by Gasteiger charge is -2.38. The third-order valence-corrected chi connectivity index (χ3v) is 2.97. The zero-order valence-electron chi connectivity index (χ0n) is 8.47. The Kier molecular flexibility index (Phi) is 3.77. The molecule has 0 aromatic rings. The molecule has 13 heavy (non-hydrogen) atoms. The van der Waals surface area contributed by atoms with Crippen molar-refractivity contribution in [3.05, 3.63) is 0 Å². The number of nitrogens with two attached hydrogens (primary N) is 1. The second kappa shape index (κ2) is 4.64. The average molecular weight is 180 g/mol. The zero-order chi connectivity index (χ0) is 9.73. The molecule has 0 aromatic heterocycles. The summed E-state index contributed by atoms with van der Waals surface area (Å²) in [5.41, 5.74) is 5.94. The normalized spacial score (nSPS) is 23.5. The molecule has 3 N–H and O–H groups in total. The van der Waals surface area contributed by atoms with Crippen LogP contribution in [-0.4, -0.2) is 18.1 Å². The molecular formula is C11H20N2. The third-order valence-electron chi connectivity index (χ3n) is 2.97. The Bertz CT molecular complexity index is 187. The van der Waals surface area contributed by atoms with Crippen molar-refractivity contribution in [2.75, 3.05) is 6.54 Å². The summed E-state index contributed by atoms with van der Waals surface area (Å²) in [4.78, 5) is 0. The maximum absolute atomic E-state index is 5.81. The van der Waals surface area contributed by atoms with E-state index in [4.69, 9.17) is 12.2 Å². The summed E-state index contributed by atoms with van der Waals surface area (Å²) in [6.07, 6.45) is 11.6. The molecule has 2 nitrogen and oxygen atoms in total. The van der Waals surface area contributed by atoms with Gasteiger partial charge < -0.3 is 5.73 Å². The molecule has 1 saturated carbocycles. The van der Waals surface area contributed by atoms with Gasteiger partial charge in [-0.05, 0) is 19.8 Å². The highest BCUT2D eigenvalue weighted by Crippen LogP contribution is 2.27. The Labute approximate surface area is 81.3 Å². The lowest BCUT2D eigenvalue weighted by atomic mass is 9.81. The number of nitrogens with one attached hydrogen (secondary N) is 1. The van der Waals surface area contributed by atoms with Crippen LogP contribution in [-0.2, 0) is 0 Å². The van der Waals surface area contributed by atoms with E-state index in [-0.39, 0.29) is 11.6 Å². The monoisotopic (exact) mass is 180 g/mol. The Morgan fingerprint density at radius 1 is 1.46 bits per heavy atom. The Balaban J connectivity index is 2.53. The van der Waals surface area contributed by atoms with Crippen LogP contribution in [0.1, 0.15) is 39.0 Å². The van der Waals surface area contributed by atoms with Crippen molar-refractivity contribution in [2.45, 2.75) is 50.6 Å². The maximum atomic E-state index is 5.81. The highest BCUT2D eigenvalue weighted by atomic mass is 15.0. The topological polar surface area (TPSA) is 38.0 Å². The summed E-state index contributed by atoms with van der Waals surface area (Å²) in [7, 11) is 0. The van der Waals surface area contributed by atoms with Crippen molar-refractivity contribution < 1.29 is 0 Å². The first-order valence-corrected chi connectivity index (χ1v) is 5.16. The molecule has 0 spiro atoms. The summed E-state index contributed by atoms with van der Waals surface area (Å²) in [6, 6.07) is 0.140. The summed E-state index contributed by atoms with van der Waals surface area (Å²) in [6.45, 7) is 2.73. The highest BCUT2D eigenvalue weighted by Gasteiger charge is 2.30. The summed E-state index contributed by atoms with van der Waals surface area (Å²) >= 11 is 0. The van der Waals surface area contributed by atoms with Crippen molar-refractivity contribution in [2.24, 2.45) is 5.73 Å². The minimum atomic E-state index is 0.129. The molecule has 1 aliphatic carbocycles. The van der Waals surface area contributed by atoms with Crippen molar-refractivity contribution >= 4 is 0 Å². The van der Waals surface area contributed by atoms with Crippen molar-refractivity contribution in [1.82, 2.24) is 5.32 Å². The Morgan fingerprint density at radius 3 is 2.54 bits per heavy atom. The molecule has 1 aliphatic rings. The molecule has 0 saturated heterocycles. The molecule has 0 heterocycles. The fourth-order valence-corrected chi connectivity index (χ4v) is 2.14. The van der Waals surface area contributed by atoms with E-state index in [9.17, 15) is 0 Å². The first kappa shape index (κ1) is 10.6. The van der Waals surface area contributed by atoms with Gasteiger partial charge in [-0.1, -0.05) is 25.2 Å². The quantitative estimate of drug-likeness (QED) is 0.642. The van der Waals surface area contributed by atoms with E-state index < -0.39 is 0 Å². The van der Waals surface area contributed by atoms with Crippen molar-refractivity contribution in [3.8, 4) is 12.3 Å². The molecule has 0 radical (unpaired) electrons.